The van der Waals surface area contributed by atoms with Crippen LogP contribution in [0.3, 0.4) is 0 Å². The Morgan fingerprint density at radius 3 is 2.41 bits per heavy atom. The molecule has 27 heavy (non-hydrogen) atoms. The van der Waals surface area contributed by atoms with E-state index in [1.165, 1.54) is 24.3 Å². The number of hydrogen-bond donors (Lipinski definition) is 3. The zero-order valence-corrected chi connectivity index (χ0v) is 16.8. The highest BCUT2D eigenvalue weighted by atomic mass is 32.2. The van der Waals surface area contributed by atoms with Gasteiger partial charge in [0.2, 0.25) is 10.0 Å². The van der Waals surface area contributed by atoms with Gasteiger partial charge in [0.05, 0.1) is 4.90 Å². The molecule has 0 radical (unpaired) electrons. The fourth-order valence-electron chi connectivity index (χ4n) is 2.43. The van der Waals surface area contributed by atoms with Crippen molar-refractivity contribution in [1.82, 2.24) is 10.0 Å². The van der Waals surface area contributed by atoms with E-state index in [4.69, 9.17) is 0 Å². The summed E-state index contributed by atoms with van der Waals surface area (Å²) in [6, 6.07) is 13.4. The molecule has 0 aliphatic carbocycles. The van der Waals surface area contributed by atoms with Crippen molar-refractivity contribution in [2.24, 2.45) is 0 Å². The SMILES string of the molecule is CCNCc1cccc(NC(=O)c2ccc(S(=O)(=O)NC(C)CC)cc2)c1. The van der Waals surface area contributed by atoms with E-state index in [2.05, 4.69) is 15.4 Å². The molecule has 1 atom stereocenters. The number of rotatable bonds is 9. The number of carbonyl (C=O) groups excluding carboxylic acids is 1. The average molecular weight is 390 g/mol. The summed E-state index contributed by atoms with van der Waals surface area (Å²) in [5, 5.41) is 6.08. The number of benzene rings is 2. The molecule has 3 N–H and O–H groups in total. The van der Waals surface area contributed by atoms with Crippen LogP contribution in [-0.2, 0) is 16.6 Å². The number of anilines is 1. The quantitative estimate of drug-likeness (QED) is 0.615. The largest absolute Gasteiger partial charge is 0.322 e. The zero-order valence-electron chi connectivity index (χ0n) is 16.0. The first-order valence-corrected chi connectivity index (χ1v) is 10.6. The summed E-state index contributed by atoms with van der Waals surface area (Å²) in [4.78, 5) is 12.6. The number of carbonyl (C=O) groups is 1. The minimum Gasteiger partial charge on any atom is -0.322 e. The van der Waals surface area contributed by atoms with Crippen molar-refractivity contribution >= 4 is 21.6 Å². The van der Waals surface area contributed by atoms with Gasteiger partial charge < -0.3 is 10.6 Å². The van der Waals surface area contributed by atoms with Crippen LogP contribution in [0.5, 0.6) is 0 Å². The maximum absolute atomic E-state index is 12.4. The van der Waals surface area contributed by atoms with E-state index in [1.54, 1.807) is 0 Å². The van der Waals surface area contributed by atoms with Crippen LogP contribution in [0, 0.1) is 0 Å². The third-order valence-electron chi connectivity index (χ3n) is 4.16. The smallest absolute Gasteiger partial charge is 0.255 e. The van der Waals surface area contributed by atoms with E-state index in [0.29, 0.717) is 17.7 Å². The van der Waals surface area contributed by atoms with Gasteiger partial charge in [-0.25, -0.2) is 13.1 Å². The summed E-state index contributed by atoms with van der Waals surface area (Å²) in [5.41, 5.74) is 2.17. The van der Waals surface area contributed by atoms with Crippen molar-refractivity contribution in [1.29, 1.82) is 0 Å². The molecular weight excluding hydrogens is 362 g/mol. The first kappa shape index (κ1) is 21.1. The minimum absolute atomic E-state index is 0.145. The van der Waals surface area contributed by atoms with Crippen LogP contribution in [-0.4, -0.2) is 26.9 Å². The number of hydrogen-bond acceptors (Lipinski definition) is 4. The van der Waals surface area contributed by atoms with E-state index in [1.807, 2.05) is 45.0 Å². The lowest BCUT2D eigenvalue weighted by Gasteiger charge is -2.12. The Kier molecular flexibility index (Phi) is 7.53. The normalized spacial score (nSPS) is 12.6. The minimum atomic E-state index is -3.58. The summed E-state index contributed by atoms with van der Waals surface area (Å²) in [6.07, 6.45) is 0.701. The van der Waals surface area contributed by atoms with E-state index in [-0.39, 0.29) is 16.8 Å². The molecule has 0 heterocycles. The third-order valence-corrected chi connectivity index (χ3v) is 5.76. The molecule has 2 aromatic carbocycles. The standard InChI is InChI=1S/C20H27N3O3S/c1-4-15(3)23-27(25,26)19-11-9-17(10-12-19)20(24)22-18-8-6-7-16(13-18)14-21-5-2/h6-13,15,21,23H,4-5,14H2,1-3H3,(H,22,24). The Balaban J connectivity index is 2.07. The predicted octanol–water partition coefficient (Wildman–Crippen LogP) is 3.13. The van der Waals surface area contributed by atoms with Gasteiger partial charge in [0.15, 0.2) is 0 Å². The maximum Gasteiger partial charge on any atom is 0.255 e. The van der Waals surface area contributed by atoms with E-state index in [9.17, 15) is 13.2 Å². The van der Waals surface area contributed by atoms with Crippen LogP contribution in [0.25, 0.3) is 0 Å². The molecule has 146 valence electrons. The molecule has 0 bridgehead atoms. The molecule has 7 heteroatoms. The van der Waals surface area contributed by atoms with Crippen molar-refractivity contribution < 1.29 is 13.2 Å². The fourth-order valence-corrected chi connectivity index (χ4v) is 3.76. The predicted molar refractivity (Wildman–Crippen MR) is 108 cm³/mol. The van der Waals surface area contributed by atoms with Crippen molar-refractivity contribution in [2.45, 2.75) is 44.7 Å². The van der Waals surface area contributed by atoms with Crippen LogP contribution in [0.4, 0.5) is 5.69 Å². The average Bonchev–Trinajstić information content (AvgIpc) is 2.66. The maximum atomic E-state index is 12.4. The Bertz CT molecular complexity index is 864. The summed E-state index contributed by atoms with van der Waals surface area (Å²) in [6.45, 7) is 7.36. The zero-order chi connectivity index (χ0) is 19.9. The fraction of sp³-hybridized carbons (Fsp3) is 0.350. The summed E-state index contributed by atoms with van der Waals surface area (Å²) in [5.74, 6) is -0.283. The molecule has 2 rings (SSSR count). The van der Waals surface area contributed by atoms with Gasteiger partial charge in [-0.3, -0.25) is 4.79 Å². The topological polar surface area (TPSA) is 87.3 Å². The van der Waals surface area contributed by atoms with Gasteiger partial charge in [-0.15, -0.1) is 0 Å². The van der Waals surface area contributed by atoms with Crippen molar-refractivity contribution in [3.05, 3.63) is 59.7 Å². The highest BCUT2D eigenvalue weighted by Crippen LogP contribution is 2.15. The first-order chi connectivity index (χ1) is 12.9. The summed E-state index contributed by atoms with van der Waals surface area (Å²) < 4.78 is 27.2. The monoisotopic (exact) mass is 389 g/mol. The lowest BCUT2D eigenvalue weighted by atomic mass is 10.1. The van der Waals surface area contributed by atoms with Crippen LogP contribution in [0.15, 0.2) is 53.4 Å². The first-order valence-electron chi connectivity index (χ1n) is 9.09. The van der Waals surface area contributed by atoms with Crippen LogP contribution >= 0.6 is 0 Å². The molecule has 0 aromatic heterocycles. The van der Waals surface area contributed by atoms with E-state index >= 15 is 0 Å². The molecule has 1 amide bonds. The van der Waals surface area contributed by atoms with Crippen LogP contribution < -0.4 is 15.4 Å². The van der Waals surface area contributed by atoms with E-state index in [0.717, 1.165) is 18.7 Å². The highest BCUT2D eigenvalue weighted by molar-refractivity contribution is 7.89. The number of amides is 1. The van der Waals surface area contributed by atoms with Gasteiger partial charge >= 0.3 is 0 Å². The Hall–Kier alpha value is -2.22. The van der Waals surface area contributed by atoms with Crippen LogP contribution in [0.1, 0.15) is 43.1 Å². The van der Waals surface area contributed by atoms with Crippen molar-refractivity contribution in [3.63, 3.8) is 0 Å². The van der Waals surface area contributed by atoms with Gasteiger partial charge in [0.1, 0.15) is 0 Å². The van der Waals surface area contributed by atoms with Crippen LogP contribution in [0.2, 0.25) is 0 Å². The van der Waals surface area contributed by atoms with Gasteiger partial charge in [-0.2, -0.15) is 0 Å². The Labute approximate surface area is 161 Å². The third kappa shape index (κ3) is 6.16. The molecule has 0 saturated carbocycles. The number of nitrogens with one attached hydrogen (secondary N) is 3. The lowest BCUT2D eigenvalue weighted by molar-refractivity contribution is 0.102. The van der Waals surface area contributed by atoms with Gasteiger partial charge in [0.25, 0.3) is 5.91 Å². The number of sulfonamides is 1. The molecule has 1 unspecified atom stereocenters. The second kappa shape index (κ2) is 9.64. The molecule has 0 saturated heterocycles. The van der Waals surface area contributed by atoms with Crippen molar-refractivity contribution in [2.75, 3.05) is 11.9 Å². The second-order valence-electron chi connectivity index (χ2n) is 6.39. The van der Waals surface area contributed by atoms with Gasteiger partial charge in [0, 0.05) is 23.8 Å². The molecule has 0 fully saturated rings. The summed E-state index contributed by atoms with van der Waals surface area (Å²) in [7, 11) is -3.58. The molecule has 0 aliphatic rings. The lowest BCUT2D eigenvalue weighted by Crippen LogP contribution is -2.32. The summed E-state index contributed by atoms with van der Waals surface area (Å²) >= 11 is 0. The van der Waals surface area contributed by atoms with Gasteiger partial charge in [-0.1, -0.05) is 26.0 Å². The molecule has 2 aromatic rings. The molecule has 0 aliphatic heterocycles. The van der Waals surface area contributed by atoms with Crippen molar-refractivity contribution in [3.8, 4) is 0 Å². The molecular formula is C20H27N3O3S. The second-order valence-corrected chi connectivity index (χ2v) is 8.10. The van der Waals surface area contributed by atoms with E-state index < -0.39 is 10.0 Å². The molecule has 0 spiro atoms. The highest BCUT2D eigenvalue weighted by Gasteiger charge is 2.17. The van der Waals surface area contributed by atoms with Gasteiger partial charge in [-0.05, 0) is 61.9 Å². The Morgan fingerprint density at radius 1 is 1.07 bits per heavy atom. The molecule has 6 nitrogen and oxygen atoms in total. The Morgan fingerprint density at radius 2 is 1.78 bits per heavy atom.